The molecule has 2 aliphatic carbocycles. The van der Waals surface area contributed by atoms with Crippen molar-refractivity contribution in [3.63, 3.8) is 0 Å². The van der Waals surface area contributed by atoms with E-state index >= 15 is 4.39 Å². The summed E-state index contributed by atoms with van der Waals surface area (Å²) < 4.78 is 30.2. The Kier molecular flexibility index (Phi) is 4.92. The molecule has 3 aromatic heterocycles. The van der Waals surface area contributed by atoms with Gasteiger partial charge in [0.15, 0.2) is 17.3 Å². The van der Waals surface area contributed by atoms with Crippen LogP contribution in [0.25, 0.3) is 27.8 Å². The third kappa shape index (κ3) is 3.55. The van der Waals surface area contributed by atoms with E-state index in [1.807, 2.05) is 0 Å². The zero-order valence-corrected chi connectivity index (χ0v) is 18.5. The van der Waals surface area contributed by atoms with Crippen LogP contribution in [0.15, 0.2) is 24.8 Å². The molecular formula is C22H20ClF2N7O2. The Morgan fingerprint density at radius 3 is 2.82 bits per heavy atom. The van der Waals surface area contributed by atoms with Crippen LogP contribution in [0.3, 0.4) is 0 Å². The summed E-state index contributed by atoms with van der Waals surface area (Å²) in [4.78, 5) is 20.7. The van der Waals surface area contributed by atoms with E-state index in [0.717, 1.165) is 6.42 Å². The number of hydrogen-bond donors (Lipinski definition) is 4. The summed E-state index contributed by atoms with van der Waals surface area (Å²) in [6, 6.07) is -0.0738. The van der Waals surface area contributed by atoms with E-state index in [1.54, 1.807) is 23.0 Å². The zero-order valence-electron chi connectivity index (χ0n) is 17.7. The number of nitrogens with zero attached hydrogens (tertiary/aromatic N) is 4. The number of aliphatic hydroxyl groups is 1. The first kappa shape index (κ1) is 21.2. The maximum Gasteiger partial charge on any atom is 0.231 e. The van der Waals surface area contributed by atoms with Crippen molar-refractivity contribution in [3.05, 3.63) is 35.6 Å². The summed E-state index contributed by atoms with van der Waals surface area (Å²) in [5.41, 5.74) is 1.85. The van der Waals surface area contributed by atoms with Crippen LogP contribution in [0.1, 0.15) is 25.7 Å². The SMILES string of the molecule is O=C(Nc1cn2cc(-c3c(Cl)c(F)c(NC4CC[C@@H](O)C4)c4[nH]ncc34)ncc2n1)[C@@H]1C[C@@H]1F. The Labute approximate surface area is 196 Å². The third-order valence-electron chi connectivity index (χ3n) is 6.44. The van der Waals surface area contributed by atoms with Gasteiger partial charge >= 0.3 is 0 Å². The van der Waals surface area contributed by atoms with Crippen molar-refractivity contribution < 1.29 is 18.7 Å². The highest BCUT2D eigenvalue weighted by molar-refractivity contribution is 6.35. The van der Waals surface area contributed by atoms with E-state index in [2.05, 4.69) is 30.8 Å². The van der Waals surface area contributed by atoms with Crippen LogP contribution in [0, 0.1) is 11.7 Å². The van der Waals surface area contributed by atoms with Gasteiger partial charge in [-0.05, 0) is 25.7 Å². The molecule has 0 bridgehead atoms. The Morgan fingerprint density at radius 1 is 1.26 bits per heavy atom. The Bertz CT molecular complexity index is 1440. The standard InChI is InChI=1S/C22H20ClF2N7O2/c23-18-17(12-5-27-31-20(12)21(19(18)25)28-9-1-2-10(33)3-9)14-7-32-8-15(29-16(32)6-26-14)30-22(34)11-4-13(11)24/h5-11,13,28,33H,1-4H2,(H,27,31)(H,30,34)/t9?,10-,11-,13+/m1/s1. The smallest absolute Gasteiger partial charge is 0.231 e. The van der Waals surface area contributed by atoms with E-state index in [9.17, 15) is 14.3 Å². The zero-order chi connectivity index (χ0) is 23.6. The van der Waals surface area contributed by atoms with Crippen LogP contribution in [-0.2, 0) is 4.79 Å². The molecule has 9 nitrogen and oxygen atoms in total. The Morgan fingerprint density at radius 2 is 2.09 bits per heavy atom. The summed E-state index contributed by atoms with van der Waals surface area (Å²) in [6.45, 7) is 0. The lowest BCUT2D eigenvalue weighted by Gasteiger charge is -2.17. The van der Waals surface area contributed by atoms with Crippen LogP contribution in [0.4, 0.5) is 20.3 Å². The molecule has 0 radical (unpaired) electrons. The van der Waals surface area contributed by atoms with Gasteiger partial charge in [0, 0.05) is 23.2 Å². The van der Waals surface area contributed by atoms with Gasteiger partial charge in [-0.2, -0.15) is 5.10 Å². The Hall–Kier alpha value is -3.31. The summed E-state index contributed by atoms with van der Waals surface area (Å²) >= 11 is 6.50. The summed E-state index contributed by atoms with van der Waals surface area (Å²) in [5.74, 6) is -1.41. The number of fused-ring (bicyclic) bond motifs is 2. The quantitative estimate of drug-likeness (QED) is 0.341. The molecule has 1 aromatic carbocycles. The van der Waals surface area contributed by atoms with Crippen LogP contribution in [0.5, 0.6) is 0 Å². The molecule has 1 amide bonds. The molecule has 12 heteroatoms. The fraction of sp³-hybridized carbons (Fsp3) is 0.364. The van der Waals surface area contributed by atoms with Crippen molar-refractivity contribution in [1.29, 1.82) is 0 Å². The molecule has 176 valence electrons. The average molecular weight is 488 g/mol. The molecule has 34 heavy (non-hydrogen) atoms. The molecule has 0 aliphatic heterocycles. The molecule has 0 saturated heterocycles. The van der Waals surface area contributed by atoms with Crippen molar-refractivity contribution in [2.24, 2.45) is 5.92 Å². The van der Waals surface area contributed by atoms with Gasteiger partial charge in [0.25, 0.3) is 0 Å². The molecule has 2 saturated carbocycles. The molecule has 0 spiro atoms. The highest BCUT2D eigenvalue weighted by Crippen LogP contribution is 2.41. The number of alkyl halides is 1. The van der Waals surface area contributed by atoms with Gasteiger partial charge in [0.1, 0.15) is 6.17 Å². The maximum absolute atomic E-state index is 15.5. The van der Waals surface area contributed by atoms with Gasteiger partial charge in [-0.15, -0.1) is 0 Å². The first-order valence-electron chi connectivity index (χ1n) is 11.0. The van der Waals surface area contributed by atoms with Gasteiger partial charge in [-0.25, -0.2) is 13.8 Å². The second-order valence-electron chi connectivity index (χ2n) is 8.86. The number of carbonyl (C=O) groups excluding carboxylic acids is 1. The average Bonchev–Trinajstić information content (AvgIpc) is 3.17. The van der Waals surface area contributed by atoms with Crippen LogP contribution >= 0.6 is 11.6 Å². The van der Waals surface area contributed by atoms with Crippen molar-refractivity contribution in [2.45, 2.75) is 44.0 Å². The largest absolute Gasteiger partial charge is 0.393 e. The van der Waals surface area contributed by atoms with Crippen LogP contribution in [0.2, 0.25) is 5.02 Å². The van der Waals surface area contributed by atoms with E-state index in [4.69, 9.17) is 11.6 Å². The second-order valence-corrected chi connectivity index (χ2v) is 9.23. The minimum Gasteiger partial charge on any atom is -0.393 e. The minimum atomic E-state index is -1.10. The highest BCUT2D eigenvalue weighted by Gasteiger charge is 2.43. The van der Waals surface area contributed by atoms with Crippen LogP contribution < -0.4 is 10.6 Å². The summed E-state index contributed by atoms with van der Waals surface area (Å²) in [6.07, 6.45) is 6.86. The fourth-order valence-corrected chi connectivity index (χ4v) is 4.83. The number of aromatic amines is 1. The molecule has 3 heterocycles. The third-order valence-corrected chi connectivity index (χ3v) is 6.80. The van der Waals surface area contributed by atoms with E-state index < -0.39 is 29.9 Å². The molecule has 2 fully saturated rings. The number of hydrogen-bond acceptors (Lipinski definition) is 6. The van der Waals surface area contributed by atoms with E-state index in [0.29, 0.717) is 40.6 Å². The Balaban J connectivity index is 1.37. The van der Waals surface area contributed by atoms with Gasteiger partial charge in [-0.3, -0.25) is 14.9 Å². The predicted molar refractivity (Wildman–Crippen MR) is 122 cm³/mol. The summed E-state index contributed by atoms with van der Waals surface area (Å²) in [5, 5.41) is 23.0. The number of carbonyl (C=O) groups is 1. The maximum atomic E-state index is 15.5. The monoisotopic (exact) mass is 487 g/mol. The number of imidazole rings is 1. The van der Waals surface area contributed by atoms with Crippen LogP contribution in [-0.4, -0.2) is 53.9 Å². The topological polar surface area (TPSA) is 120 Å². The molecule has 4 atom stereocenters. The summed E-state index contributed by atoms with van der Waals surface area (Å²) in [7, 11) is 0. The van der Waals surface area contributed by atoms with Crippen molar-refractivity contribution >= 4 is 45.6 Å². The van der Waals surface area contributed by atoms with E-state index in [-0.39, 0.29) is 29.0 Å². The number of aromatic nitrogens is 5. The second kappa shape index (κ2) is 7.88. The fourth-order valence-electron chi connectivity index (χ4n) is 4.54. The minimum absolute atomic E-state index is 0.0738. The number of halogens is 3. The first-order chi connectivity index (χ1) is 16.4. The highest BCUT2D eigenvalue weighted by atomic mass is 35.5. The lowest BCUT2D eigenvalue weighted by molar-refractivity contribution is -0.117. The lowest BCUT2D eigenvalue weighted by Crippen LogP contribution is -2.18. The predicted octanol–water partition coefficient (Wildman–Crippen LogP) is 3.69. The van der Waals surface area contributed by atoms with E-state index in [1.165, 1.54) is 6.20 Å². The first-order valence-corrected chi connectivity index (χ1v) is 11.4. The number of nitrogens with one attached hydrogen (secondary N) is 3. The number of H-pyrrole nitrogens is 1. The van der Waals surface area contributed by atoms with Gasteiger partial charge < -0.3 is 20.1 Å². The normalized spacial score (nSPS) is 24.1. The molecule has 4 aromatic rings. The van der Waals surface area contributed by atoms with Crippen molar-refractivity contribution in [2.75, 3.05) is 10.6 Å². The number of rotatable bonds is 5. The van der Waals surface area contributed by atoms with Gasteiger partial charge in [-0.1, -0.05) is 11.6 Å². The number of anilines is 2. The molecule has 2 aliphatic rings. The molecule has 4 N–H and O–H groups in total. The molecule has 1 unspecified atom stereocenters. The van der Waals surface area contributed by atoms with Crippen molar-refractivity contribution in [3.8, 4) is 11.3 Å². The lowest BCUT2D eigenvalue weighted by atomic mass is 10.0. The number of aliphatic hydroxyl groups excluding tert-OH is 1. The molecule has 6 rings (SSSR count). The number of amides is 1. The van der Waals surface area contributed by atoms with Gasteiger partial charge in [0.2, 0.25) is 5.91 Å². The molecular weight excluding hydrogens is 468 g/mol. The van der Waals surface area contributed by atoms with Gasteiger partial charge in [0.05, 0.1) is 52.5 Å². The number of benzene rings is 1. The van der Waals surface area contributed by atoms with Crippen molar-refractivity contribution in [1.82, 2.24) is 24.6 Å².